The van der Waals surface area contributed by atoms with Crippen LogP contribution in [0.3, 0.4) is 0 Å². The molecule has 0 bridgehead atoms. The molecule has 0 aromatic carbocycles. The lowest BCUT2D eigenvalue weighted by molar-refractivity contribution is -0.132. The zero-order valence-corrected chi connectivity index (χ0v) is 13.8. The Labute approximate surface area is 125 Å². The van der Waals surface area contributed by atoms with Crippen LogP contribution in [0, 0.1) is 0 Å². The predicted molar refractivity (Wildman–Crippen MR) is 86.1 cm³/mol. The minimum absolute atomic E-state index is 0.264. The lowest BCUT2D eigenvalue weighted by Crippen LogP contribution is -2.35. The number of rotatable bonds is 12. The van der Waals surface area contributed by atoms with E-state index in [4.69, 9.17) is 5.11 Å². The highest BCUT2D eigenvalue weighted by molar-refractivity contribution is 5.85. The number of carbonyl (C=O) groups is 1. The monoisotopic (exact) mass is 283 g/mol. The van der Waals surface area contributed by atoms with Gasteiger partial charge in [-0.15, -0.1) is 0 Å². The summed E-state index contributed by atoms with van der Waals surface area (Å²) in [7, 11) is 0. The van der Waals surface area contributed by atoms with Crippen molar-refractivity contribution in [3.05, 3.63) is 11.6 Å². The van der Waals surface area contributed by atoms with Crippen LogP contribution in [0.5, 0.6) is 0 Å². The van der Waals surface area contributed by atoms with E-state index in [0.717, 1.165) is 19.5 Å². The van der Waals surface area contributed by atoms with Crippen molar-refractivity contribution in [1.82, 2.24) is 4.90 Å². The number of carboxylic acid groups (broad SMARTS) is 1. The van der Waals surface area contributed by atoms with Gasteiger partial charge in [0.2, 0.25) is 0 Å². The number of unbranched alkanes of at least 4 members (excludes halogenated alkanes) is 4. The van der Waals surface area contributed by atoms with Crippen LogP contribution in [0.2, 0.25) is 0 Å². The van der Waals surface area contributed by atoms with Gasteiger partial charge in [-0.1, -0.05) is 52.5 Å². The fourth-order valence-corrected chi connectivity index (χ4v) is 2.41. The van der Waals surface area contributed by atoms with E-state index in [1.54, 1.807) is 6.92 Å². The Kier molecular flexibility index (Phi) is 11.5. The van der Waals surface area contributed by atoms with Gasteiger partial charge in [-0.05, 0) is 39.3 Å². The van der Waals surface area contributed by atoms with Crippen LogP contribution in [0.1, 0.15) is 72.6 Å². The molecule has 20 heavy (non-hydrogen) atoms. The van der Waals surface area contributed by atoms with Crippen molar-refractivity contribution >= 4 is 5.97 Å². The Hall–Kier alpha value is -0.830. The van der Waals surface area contributed by atoms with E-state index in [2.05, 4.69) is 25.7 Å². The second kappa shape index (κ2) is 12.0. The van der Waals surface area contributed by atoms with E-state index in [9.17, 15) is 4.79 Å². The van der Waals surface area contributed by atoms with Crippen molar-refractivity contribution in [3.63, 3.8) is 0 Å². The third kappa shape index (κ3) is 8.36. The molecule has 3 nitrogen and oxygen atoms in total. The van der Waals surface area contributed by atoms with Crippen LogP contribution in [-0.4, -0.2) is 35.1 Å². The van der Waals surface area contributed by atoms with Gasteiger partial charge in [-0.25, -0.2) is 4.79 Å². The molecule has 1 N–H and O–H groups in total. The Balaban J connectivity index is 4.65. The molecule has 1 unspecified atom stereocenters. The normalized spacial score (nSPS) is 13.8. The van der Waals surface area contributed by atoms with E-state index in [0.29, 0.717) is 5.57 Å². The molecule has 0 saturated heterocycles. The molecule has 0 aliphatic carbocycles. The van der Waals surface area contributed by atoms with E-state index < -0.39 is 5.97 Å². The van der Waals surface area contributed by atoms with Crippen LogP contribution in [0.4, 0.5) is 0 Å². The van der Waals surface area contributed by atoms with Crippen molar-refractivity contribution in [2.24, 2.45) is 0 Å². The molecule has 0 heterocycles. The second-order valence-electron chi connectivity index (χ2n) is 5.58. The first kappa shape index (κ1) is 19.2. The summed E-state index contributed by atoms with van der Waals surface area (Å²) in [5.41, 5.74) is 0.466. The van der Waals surface area contributed by atoms with Gasteiger partial charge in [0, 0.05) is 11.6 Å². The summed E-state index contributed by atoms with van der Waals surface area (Å²) in [4.78, 5) is 13.5. The molecule has 1 atom stereocenters. The number of carboxylic acids is 1. The van der Waals surface area contributed by atoms with Gasteiger partial charge in [0.1, 0.15) is 0 Å². The predicted octanol–water partition coefficient (Wildman–Crippen LogP) is 4.48. The third-order valence-corrected chi connectivity index (χ3v) is 3.76. The Morgan fingerprint density at radius 1 is 1.05 bits per heavy atom. The Bertz CT molecular complexity index is 277. The number of nitrogens with zero attached hydrogens (tertiary/aromatic N) is 1. The van der Waals surface area contributed by atoms with Gasteiger partial charge in [0.25, 0.3) is 0 Å². The van der Waals surface area contributed by atoms with Crippen LogP contribution >= 0.6 is 0 Å². The van der Waals surface area contributed by atoms with Crippen molar-refractivity contribution in [2.75, 3.05) is 13.1 Å². The third-order valence-electron chi connectivity index (χ3n) is 3.76. The molecule has 0 aromatic rings. The smallest absolute Gasteiger partial charge is 0.331 e. The SMILES string of the molecule is CCCCCN(CCCCC)C(C=C(C)C(=O)O)CC. The Morgan fingerprint density at radius 2 is 1.55 bits per heavy atom. The summed E-state index contributed by atoms with van der Waals surface area (Å²) >= 11 is 0. The standard InChI is InChI=1S/C17H33NO2/c1-5-8-10-12-18(13-11-9-6-2)16(7-3)14-15(4)17(19)20/h14,16H,5-13H2,1-4H3,(H,19,20). The summed E-state index contributed by atoms with van der Waals surface area (Å²) in [6.07, 6.45) is 10.3. The highest BCUT2D eigenvalue weighted by Gasteiger charge is 2.15. The van der Waals surface area contributed by atoms with E-state index >= 15 is 0 Å². The summed E-state index contributed by atoms with van der Waals surface area (Å²) in [5.74, 6) is -0.800. The second-order valence-corrected chi connectivity index (χ2v) is 5.58. The molecule has 0 rings (SSSR count). The first-order chi connectivity index (χ1) is 9.56. The largest absolute Gasteiger partial charge is 0.478 e. The molecule has 0 aliphatic heterocycles. The molecule has 0 aromatic heterocycles. The molecular weight excluding hydrogens is 250 g/mol. The quantitative estimate of drug-likeness (QED) is 0.424. The maximum Gasteiger partial charge on any atom is 0.331 e. The first-order valence-electron chi connectivity index (χ1n) is 8.22. The molecule has 0 spiro atoms. The molecule has 3 heteroatoms. The fourth-order valence-electron chi connectivity index (χ4n) is 2.41. The molecule has 0 radical (unpaired) electrons. The fraction of sp³-hybridized carbons (Fsp3) is 0.824. The molecule has 0 fully saturated rings. The lowest BCUT2D eigenvalue weighted by Gasteiger charge is -2.29. The summed E-state index contributed by atoms with van der Waals surface area (Å²) < 4.78 is 0. The van der Waals surface area contributed by atoms with Crippen molar-refractivity contribution in [3.8, 4) is 0 Å². The van der Waals surface area contributed by atoms with E-state index in [-0.39, 0.29) is 6.04 Å². The minimum Gasteiger partial charge on any atom is -0.478 e. The summed E-state index contributed by atoms with van der Waals surface area (Å²) in [6.45, 7) is 10.4. The topological polar surface area (TPSA) is 40.5 Å². The Morgan fingerprint density at radius 3 is 1.90 bits per heavy atom. The molecule has 0 aliphatic rings. The van der Waals surface area contributed by atoms with Gasteiger partial charge in [0.15, 0.2) is 0 Å². The van der Waals surface area contributed by atoms with Crippen LogP contribution < -0.4 is 0 Å². The van der Waals surface area contributed by atoms with Crippen molar-refractivity contribution in [2.45, 2.75) is 78.7 Å². The minimum atomic E-state index is -0.800. The van der Waals surface area contributed by atoms with Crippen LogP contribution in [0.15, 0.2) is 11.6 Å². The zero-order valence-electron chi connectivity index (χ0n) is 13.8. The highest BCUT2D eigenvalue weighted by Crippen LogP contribution is 2.13. The average molecular weight is 283 g/mol. The molecule has 118 valence electrons. The summed E-state index contributed by atoms with van der Waals surface area (Å²) in [6, 6.07) is 0.264. The van der Waals surface area contributed by atoms with Gasteiger partial charge in [0.05, 0.1) is 0 Å². The van der Waals surface area contributed by atoms with Crippen molar-refractivity contribution in [1.29, 1.82) is 0 Å². The average Bonchev–Trinajstić information content (AvgIpc) is 2.43. The van der Waals surface area contributed by atoms with E-state index in [1.165, 1.54) is 38.5 Å². The molecule has 0 saturated carbocycles. The van der Waals surface area contributed by atoms with Crippen LogP contribution in [-0.2, 0) is 4.79 Å². The van der Waals surface area contributed by atoms with Crippen molar-refractivity contribution < 1.29 is 9.90 Å². The molecule has 0 amide bonds. The maximum absolute atomic E-state index is 11.0. The number of hydrogen-bond donors (Lipinski definition) is 1. The van der Waals surface area contributed by atoms with Gasteiger partial charge in [-0.3, -0.25) is 4.90 Å². The summed E-state index contributed by atoms with van der Waals surface area (Å²) in [5, 5.41) is 9.05. The highest BCUT2D eigenvalue weighted by atomic mass is 16.4. The maximum atomic E-state index is 11.0. The van der Waals surface area contributed by atoms with Gasteiger partial charge < -0.3 is 5.11 Å². The lowest BCUT2D eigenvalue weighted by atomic mass is 10.1. The van der Waals surface area contributed by atoms with Crippen LogP contribution in [0.25, 0.3) is 0 Å². The van der Waals surface area contributed by atoms with Gasteiger partial charge >= 0.3 is 5.97 Å². The molecular formula is C17H33NO2. The van der Waals surface area contributed by atoms with Gasteiger partial charge in [-0.2, -0.15) is 0 Å². The van der Waals surface area contributed by atoms with E-state index in [1.807, 2.05) is 6.08 Å². The zero-order chi connectivity index (χ0) is 15.4. The number of aliphatic carboxylic acids is 1. The first-order valence-corrected chi connectivity index (χ1v) is 8.22. The number of hydrogen-bond acceptors (Lipinski definition) is 2.